The van der Waals surface area contributed by atoms with E-state index >= 15 is 0 Å². The quantitative estimate of drug-likeness (QED) is 0.425. The zero-order valence-corrected chi connectivity index (χ0v) is 17.6. The van der Waals surface area contributed by atoms with Crippen molar-refractivity contribution in [3.63, 3.8) is 0 Å². The Morgan fingerprint density at radius 3 is 2.32 bits per heavy atom. The Morgan fingerprint density at radius 2 is 1.68 bits per heavy atom. The number of hydrogen-bond acceptors (Lipinski definition) is 5. The molecule has 1 amide bonds. The Morgan fingerprint density at radius 1 is 1.00 bits per heavy atom. The second-order valence-electron chi connectivity index (χ2n) is 6.93. The number of anilines is 1. The van der Waals surface area contributed by atoms with Crippen LogP contribution in [0.3, 0.4) is 0 Å². The third-order valence-electron chi connectivity index (χ3n) is 4.52. The van der Waals surface area contributed by atoms with Crippen molar-refractivity contribution < 1.29 is 18.1 Å². The summed E-state index contributed by atoms with van der Waals surface area (Å²) in [4.78, 5) is 23.1. The van der Waals surface area contributed by atoms with E-state index in [0.717, 1.165) is 15.4 Å². The van der Waals surface area contributed by atoms with E-state index in [1.807, 2.05) is 19.1 Å². The number of nitro groups is 1. The third-order valence-corrected chi connectivity index (χ3v) is 6.33. The minimum Gasteiger partial charge on any atom is -0.325 e. The fraction of sp³-hybridized carbons (Fsp3) is 0.136. The Kier molecular flexibility index (Phi) is 6.78. The molecule has 3 rings (SSSR count). The highest BCUT2D eigenvalue weighted by Crippen LogP contribution is 2.20. The number of sulfonamides is 1. The van der Waals surface area contributed by atoms with E-state index in [4.69, 9.17) is 0 Å². The molecule has 31 heavy (non-hydrogen) atoms. The highest BCUT2D eigenvalue weighted by atomic mass is 32.2. The summed E-state index contributed by atoms with van der Waals surface area (Å²) < 4.78 is 27.5. The van der Waals surface area contributed by atoms with E-state index in [1.54, 1.807) is 30.3 Å². The molecule has 1 N–H and O–H groups in total. The van der Waals surface area contributed by atoms with E-state index in [9.17, 15) is 23.3 Å². The molecule has 0 atom stereocenters. The highest BCUT2D eigenvalue weighted by Gasteiger charge is 2.27. The molecule has 0 spiro atoms. The second kappa shape index (κ2) is 9.50. The van der Waals surface area contributed by atoms with E-state index in [1.165, 1.54) is 36.4 Å². The molecular formula is C22H21N3O5S. The fourth-order valence-corrected chi connectivity index (χ4v) is 4.33. The molecule has 3 aromatic carbocycles. The van der Waals surface area contributed by atoms with Gasteiger partial charge in [-0.05, 0) is 30.7 Å². The van der Waals surface area contributed by atoms with Crippen molar-refractivity contribution in [2.24, 2.45) is 0 Å². The number of nitrogens with zero attached hydrogens (tertiary/aromatic N) is 2. The summed E-state index contributed by atoms with van der Waals surface area (Å²) in [7, 11) is -3.95. The van der Waals surface area contributed by atoms with Crippen LogP contribution in [0.4, 0.5) is 11.4 Å². The van der Waals surface area contributed by atoms with Gasteiger partial charge in [-0.3, -0.25) is 14.9 Å². The predicted molar refractivity (Wildman–Crippen MR) is 117 cm³/mol. The summed E-state index contributed by atoms with van der Waals surface area (Å²) >= 11 is 0. The molecule has 8 nitrogen and oxygen atoms in total. The number of amides is 1. The number of non-ortho nitro benzene ring substituents is 1. The van der Waals surface area contributed by atoms with E-state index in [0.29, 0.717) is 0 Å². The van der Waals surface area contributed by atoms with E-state index in [2.05, 4.69) is 5.32 Å². The standard InChI is InChI=1S/C22H21N3O5S/c1-17-10-12-18(13-11-17)15-24(31(29,30)21-8-3-2-4-9-21)16-22(26)23-19-6-5-7-20(14-19)25(27)28/h2-14H,15-16H2,1H3,(H,23,26). The molecule has 0 aliphatic carbocycles. The second-order valence-corrected chi connectivity index (χ2v) is 8.87. The molecule has 0 saturated heterocycles. The minimum atomic E-state index is -3.95. The lowest BCUT2D eigenvalue weighted by atomic mass is 10.1. The number of rotatable bonds is 8. The molecule has 3 aromatic rings. The zero-order chi connectivity index (χ0) is 22.4. The van der Waals surface area contributed by atoms with Gasteiger partial charge in [0.25, 0.3) is 5.69 Å². The molecule has 0 unspecified atom stereocenters. The number of hydrogen-bond donors (Lipinski definition) is 1. The normalized spacial score (nSPS) is 11.3. The summed E-state index contributed by atoms with van der Waals surface area (Å²) in [5.74, 6) is -0.605. The summed E-state index contributed by atoms with van der Waals surface area (Å²) in [6, 6.07) is 20.7. The van der Waals surface area contributed by atoms with Crippen molar-refractivity contribution in [3.05, 3.63) is 100 Å². The third kappa shape index (κ3) is 5.74. The van der Waals surface area contributed by atoms with Crippen LogP contribution in [-0.2, 0) is 21.4 Å². The summed E-state index contributed by atoms with van der Waals surface area (Å²) in [6.07, 6.45) is 0. The molecule has 9 heteroatoms. The first-order valence-electron chi connectivity index (χ1n) is 9.41. The van der Waals surface area contributed by atoms with Crippen molar-refractivity contribution >= 4 is 27.3 Å². The minimum absolute atomic E-state index is 0.000134. The fourth-order valence-electron chi connectivity index (χ4n) is 2.92. The molecule has 0 bridgehead atoms. The largest absolute Gasteiger partial charge is 0.325 e. The maximum absolute atomic E-state index is 13.2. The molecule has 0 aliphatic heterocycles. The maximum Gasteiger partial charge on any atom is 0.271 e. The molecular weight excluding hydrogens is 418 g/mol. The van der Waals surface area contributed by atoms with E-state index < -0.39 is 27.4 Å². The Balaban J connectivity index is 1.85. The van der Waals surface area contributed by atoms with Crippen LogP contribution in [-0.4, -0.2) is 30.1 Å². The average molecular weight is 439 g/mol. The molecule has 0 heterocycles. The first kappa shape index (κ1) is 22.1. The van der Waals surface area contributed by atoms with Crippen LogP contribution in [0.25, 0.3) is 0 Å². The van der Waals surface area contributed by atoms with Gasteiger partial charge in [-0.25, -0.2) is 8.42 Å². The number of benzene rings is 3. The summed E-state index contributed by atoms with van der Waals surface area (Å²) in [5.41, 5.74) is 1.80. The highest BCUT2D eigenvalue weighted by molar-refractivity contribution is 7.89. The van der Waals surface area contributed by atoms with Gasteiger partial charge in [0, 0.05) is 24.4 Å². The van der Waals surface area contributed by atoms with Gasteiger partial charge >= 0.3 is 0 Å². The van der Waals surface area contributed by atoms with E-state index in [-0.39, 0.29) is 22.8 Å². The number of carbonyl (C=O) groups is 1. The molecule has 0 radical (unpaired) electrons. The van der Waals surface area contributed by atoms with Gasteiger partial charge in [-0.15, -0.1) is 0 Å². The van der Waals surface area contributed by atoms with Crippen LogP contribution in [0, 0.1) is 17.0 Å². The lowest BCUT2D eigenvalue weighted by molar-refractivity contribution is -0.384. The molecule has 0 aliphatic rings. The van der Waals surface area contributed by atoms with Crippen molar-refractivity contribution in [1.82, 2.24) is 4.31 Å². The number of nitro benzene ring substituents is 1. The van der Waals surface area contributed by atoms with Gasteiger partial charge in [-0.1, -0.05) is 54.1 Å². The summed E-state index contributed by atoms with van der Waals surface area (Å²) in [6.45, 7) is 1.47. The Hall–Kier alpha value is -3.56. The molecule has 160 valence electrons. The zero-order valence-electron chi connectivity index (χ0n) is 16.8. The predicted octanol–water partition coefficient (Wildman–Crippen LogP) is 3.73. The maximum atomic E-state index is 13.2. The van der Waals surface area contributed by atoms with Gasteiger partial charge in [0.05, 0.1) is 16.4 Å². The van der Waals surface area contributed by atoms with Crippen LogP contribution in [0.5, 0.6) is 0 Å². The molecule has 0 fully saturated rings. The lowest BCUT2D eigenvalue weighted by Crippen LogP contribution is -2.37. The molecule has 0 saturated carbocycles. The number of nitrogens with one attached hydrogen (secondary N) is 1. The van der Waals surface area contributed by atoms with Crippen LogP contribution in [0.15, 0.2) is 83.8 Å². The SMILES string of the molecule is Cc1ccc(CN(CC(=O)Nc2cccc([N+](=O)[O-])c2)S(=O)(=O)c2ccccc2)cc1. The van der Waals surface area contributed by atoms with Crippen LogP contribution < -0.4 is 5.32 Å². The van der Waals surface area contributed by atoms with Crippen LogP contribution in [0.2, 0.25) is 0 Å². The smallest absolute Gasteiger partial charge is 0.271 e. The van der Waals surface area contributed by atoms with Crippen LogP contribution >= 0.6 is 0 Å². The first-order chi connectivity index (χ1) is 14.8. The lowest BCUT2D eigenvalue weighted by Gasteiger charge is -2.22. The summed E-state index contributed by atoms with van der Waals surface area (Å²) in [5, 5.41) is 13.5. The topological polar surface area (TPSA) is 110 Å². The monoisotopic (exact) mass is 439 g/mol. The van der Waals surface area contributed by atoms with Crippen LogP contribution in [0.1, 0.15) is 11.1 Å². The Labute approximate surface area is 180 Å². The first-order valence-corrected chi connectivity index (χ1v) is 10.8. The average Bonchev–Trinajstić information content (AvgIpc) is 2.75. The van der Waals surface area contributed by atoms with Gasteiger partial charge in [-0.2, -0.15) is 4.31 Å². The number of carbonyl (C=O) groups excluding carboxylic acids is 1. The van der Waals surface area contributed by atoms with Gasteiger partial charge in [0.2, 0.25) is 15.9 Å². The number of aryl methyl sites for hydroxylation is 1. The van der Waals surface area contributed by atoms with Crippen molar-refractivity contribution in [2.75, 3.05) is 11.9 Å². The molecule has 0 aromatic heterocycles. The van der Waals surface area contributed by atoms with Crippen molar-refractivity contribution in [3.8, 4) is 0 Å². The van der Waals surface area contributed by atoms with Crippen molar-refractivity contribution in [1.29, 1.82) is 0 Å². The van der Waals surface area contributed by atoms with Gasteiger partial charge in [0.1, 0.15) is 0 Å². The Bertz CT molecular complexity index is 1180. The van der Waals surface area contributed by atoms with Crippen molar-refractivity contribution in [2.45, 2.75) is 18.4 Å². The van der Waals surface area contributed by atoms with Gasteiger partial charge in [0.15, 0.2) is 0 Å². The van der Waals surface area contributed by atoms with Gasteiger partial charge < -0.3 is 5.32 Å².